The SMILES string of the molecule is Cc1ncc(CN(C(=O)OC(C)(C)C)c2ccc(C#N)cc2)c(C(C)O)c1OCc1cccc(C#N)c1.Cc1ncc(CN(C(=O)OC(C)(C)C)c2ccc(C#N)cc2)c(C=O)c1OCc1cccc(C#N)c1. The quantitative estimate of drug-likeness (QED) is 0.1000. The molecule has 0 saturated carbocycles. The molecule has 2 aromatic heterocycles. The third-order valence-electron chi connectivity index (χ3n) is 10.6. The molecular weight excluding hydrogens is 925 g/mol. The van der Waals surface area contributed by atoms with Crippen molar-refractivity contribution in [1.82, 2.24) is 9.97 Å². The smallest absolute Gasteiger partial charge is 0.415 e. The van der Waals surface area contributed by atoms with Crippen LogP contribution in [0.3, 0.4) is 0 Å². The van der Waals surface area contributed by atoms with Gasteiger partial charge < -0.3 is 24.1 Å². The summed E-state index contributed by atoms with van der Waals surface area (Å²) in [4.78, 5) is 50.2. The van der Waals surface area contributed by atoms with Crippen LogP contribution in [0.2, 0.25) is 0 Å². The minimum absolute atomic E-state index is 0.0115. The highest BCUT2D eigenvalue weighted by molar-refractivity contribution is 5.90. The highest BCUT2D eigenvalue weighted by Gasteiger charge is 2.28. The van der Waals surface area contributed by atoms with Crippen LogP contribution in [0.1, 0.15) is 126 Å². The van der Waals surface area contributed by atoms with Gasteiger partial charge in [-0.25, -0.2) is 9.59 Å². The number of aromatic nitrogens is 2. The molecular formula is C57H56N8O8. The summed E-state index contributed by atoms with van der Waals surface area (Å²) in [5, 5.41) is 47.3. The zero-order chi connectivity index (χ0) is 53.5. The van der Waals surface area contributed by atoms with Crippen LogP contribution in [0.4, 0.5) is 21.0 Å². The molecule has 0 bridgehead atoms. The monoisotopic (exact) mass is 980 g/mol. The van der Waals surface area contributed by atoms with Crippen LogP contribution in [0.25, 0.3) is 0 Å². The lowest BCUT2D eigenvalue weighted by molar-refractivity contribution is 0.0566. The molecule has 0 saturated heterocycles. The molecule has 0 aliphatic heterocycles. The summed E-state index contributed by atoms with van der Waals surface area (Å²) in [6.45, 7) is 16.1. The Morgan fingerprint density at radius 1 is 0.616 bits per heavy atom. The summed E-state index contributed by atoms with van der Waals surface area (Å²) in [5.41, 5.74) is 5.97. The number of nitrogens with zero attached hydrogens (tertiary/aromatic N) is 8. The number of aryl methyl sites for hydroxylation is 2. The Balaban J connectivity index is 0.000000271. The minimum Gasteiger partial charge on any atom is -0.487 e. The standard InChI is InChI=1S/C29H30N4O4.C28H26N4O4/c1-19-27(36-18-23-8-6-7-22(13-23)15-31)26(20(2)34)24(16-32-19)17-33(28(35)37-29(3,4)5)25-11-9-21(14-30)10-12-25;1-19-26(35-18-22-7-5-6-21(12-22)14-30)25(17-33)23(15-31-19)16-32(27(34)36-28(2,3)4)24-10-8-20(13-29)9-11-24/h6-13,16,20,34H,17-18H2,1-5H3;5-12,15,17H,16,18H2,1-4H3. The average Bonchev–Trinajstić information content (AvgIpc) is 3.36. The molecule has 0 aliphatic carbocycles. The first-order valence-electron chi connectivity index (χ1n) is 23.0. The van der Waals surface area contributed by atoms with Gasteiger partial charge in [0.15, 0.2) is 12.0 Å². The van der Waals surface area contributed by atoms with Gasteiger partial charge in [-0.05, 0) is 152 Å². The van der Waals surface area contributed by atoms with Crippen molar-refractivity contribution in [3.05, 3.63) is 176 Å². The highest BCUT2D eigenvalue weighted by Crippen LogP contribution is 2.34. The Bertz CT molecular complexity index is 3110. The number of hydrogen-bond donors (Lipinski definition) is 1. The van der Waals surface area contributed by atoms with Crippen LogP contribution >= 0.6 is 0 Å². The van der Waals surface area contributed by atoms with E-state index in [-0.39, 0.29) is 31.9 Å². The summed E-state index contributed by atoms with van der Waals surface area (Å²) in [7, 11) is 0. The molecule has 2 amide bonds. The molecule has 372 valence electrons. The van der Waals surface area contributed by atoms with Crippen LogP contribution in [0.5, 0.6) is 11.5 Å². The number of aldehydes is 1. The first-order chi connectivity index (χ1) is 34.7. The van der Waals surface area contributed by atoms with Gasteiger partial charge >= 0.3 is 12.2 Å². The van der Waals surface area contributed by atoms with E-state index in [4.69, 9.17) is 34.7 Å². The number of carbonyl (C=O) groups is 3. The molecule has 6 aromatic rings. The lowest BCUT2D eigenvalue weighted by Crippen LogP contribution is -2.37. The summed E-state index contributed by atoms with van der Waals surface area (Å²) in [6.07, 6.45) is 1.71. The van der Waals surface area contributed by atoms with Crippen LogP contribution in [-0.4, -0.2) is 44.7 Å². The maximum Gasteiger partial charge on any atom is 0.415 e. The van der Waals surface area contributed by atoms with Gasteiger partial charge in [-0.15, -0.1) is 0 Å². The molecule has 0 aliphatic rings. The molecule has 2 heterocycles. The molecule has 73 heavy (non-hydrogen) atoms. The summed E-state index contributed by atoms with van der Waals surface area (Å²) in [6, 6.07) is 35.5. The number of pyridine rings is 2. The summed E-state index contributed by atoms with van der Waals surface area (Å²) >= 11 is 0. The zero-order valence-electron chi connectivity index (χ0n) is 42.3. The van der Waals surface area contributed by atoms with E-state index in [1.807, 2.05) is 12.1 Å². The first kappa shape index (κ1) is 54.8. The zero-order valence-corrected chi connectivity index (χ0v) is 42.3. The van der Waals surface area contributed by atoms with Crippen molar-refractivity contribution < 1.29 is 38.4 Å². The fourth-order valence-electron chi connectivity index (χ4n) is 7.19. The first-order valence-corrected chi connectivity index (χ1v) is 23.0. The fourth-order valence-corrected chi connectivity index (χ4v) is 7.19. The summed E-state index contributed by atoms with van der Waals surface area (Å²) in [5.74, 6) is 0.715. The largest absolute Gasteiger partial charge is 0.487 e. The normalized spacial score (nSPS) is 11.2. The van der Waals surface area contributed by atoms with Crippen molar-refractivity contribution in [1.29, 1.82) is 21.0 Å². The third kappa shape index (κ3) is 15.4. The molecule has 0 spiro atoms. The topological polar surface area (TPSA) is 236 Å². The van der Waals surface area contributed by atoms with E-state index in [1.54, 1.807) is 153 Å². The lowest BCUT2D eigenvalue weighted by Gasteiger charge is -2.29. The van der Waals surface area contributed by atoms with Gasteiger partial charge in [-0.1, -0.05) is 24.3 Å². The van der Waals surface area contributed by atoms with E-state index in [0.29, 0.717) is 79.5 Å². The number of nitriles is 4. The van der Waals surface area contributed by atoms with Crippen LogP contribution in [0, 0.1) is 59.2 Å². The van der Waals surface area contributed by atoms with E-state index in [9.17, 15) is 24.8 Å². The van der Waals surface area contributed by atoms with Crippen LogP contribution in [0.15, 0.2) is 109 Å². The van der Waals surface area contributed by atoms with Crippen molar-refractivity contribution >= 4 is 29.8 Å². The van der Waals surface area contributed by atoms with E-state index in [0.717, 1.165) is 11.1 Å². The molecule has 0 radical (unpaired) electrons. The van der Waals surface area contributed by atoms with Gasteiger partial charge in [-0.2, -0.15) is 21.0 Å². The van der Waals surface area contributed by atoms with Crippen LogP contribution < -0.4 is 19.3 Å². The van der Waals surface area contributed by atoms with Gasteiger partial charge in [0, 0.05) is 34.9 Å². The Morgan fingerprint density at radius 3 is 1.41 bits per heavy atom. The van der Waals surface area contributed by atoms with Gasteiger partial charge in [-0.3, -0.25) is 24.6 Å². The van der Waals surface area contributed by atoms with E-state index >= 15 is 0 Å². The maximum atomic E-state index is 13.2. The predicted octanol–water partition coefficient (Wildman–Crippen LogP) is 11.2. The molecule has 6 rings (SSSR count). The van der Waals surface area contributed by atoms with Gasteiger partial charge in [0.25, 0.3) is 0 Å². The third-order valence-corrected chi connectivity index (χ3v) is 10.6. The summed E-state index contributed by atoms with van der Waals surface area (Å²) < 4.78 is 23.3. The van der Waals surface area contributed by atoms with Crippen molar-refractivity contribution in [2.75, 3.05) is 9.80 Å². The van der Waals surface area contributed by atoms with E-state index < -0.39 is 29.5 Å². The molecule has 16 nitrogen and oxygen atoms in total. The van der Waals surface area contributed by atoms with Crippen molar-refractivity contribution in [2.24, 2.45) is 0 Å². The number of anilines is 2. The predicted molar refractivity (Wildman–Crippen MR) is 272 cm³/mol. The number of rotatable bonds is 14. The maximum absolute atomic E-state index is 13.2. The van der Waals surface area contributed by atoms with Crippen molar-refractivity contribution in [3.63, 3.8) is 0 Å². The average molecular weight is 981 g/mol. The second kappa shape index (κ2) is 24.6. The Kier molecular flexibility index (Phi) is 18.5. The van der Waals surface area contributed by atoms with Gasteiger partial charge in [0.05, 0.1) is 82.7 Å². The van der Waals surface area contributed by atoms with Gasteiger partial charge in [0.1, 0.15) is 30.2 Å². The molecule has 1 N–H and O–H groups in total. The molecule has 1 unspecified atom stereocenters. The van der Waals surface area contributed by atoms with Gasteiger partial charge in [0.2, 0.25) is 0 Å². The molecule has 4 aromatic carbocycles. The number of aliphatic hydroxyl groups is 1. The number of hydrogen-bond acceptors (Lipinski definition) is 14. The molecule has 1 atom stereocenters. The number of amides is 2. The van der Waals surface area contributed by atoms with Crippen LogP contribution in [-0.2, 0) is 35.8 Å². The number of benzene rings is 4. The Hall–Kier alpha value is -9.09. The van der Waals surface area contributed by atoms with Crippen molar-refractivity contribution in [2.45, 2.75) is 106 Å². The minimum atomic E-state index is -0.918. The molecule has 0 fully saturated rings. The second-order valence-electron chi connectivity index (χ2n) is 18.7. The highest BCUT2D eigenvalue weighted by atomic mass is 16.6. The second-order valence-corrected chi connectivity index (χ2v) is 18.7. The van der Waals surface area contributed by atoms with E-state index in [2.05, 4.69) is 34.2 Å². The number of ether oxygens (including phenoxy) is 4. The lowest BCUT2D eigenvalue weighted by atomic mass is 10.0. The fraction of sp³-hybridized carbons (Fsp3) is 0.281. The Morgan fingerprint density at radius 2 is 1.01 bits per heavy atom. The number of carbonyl (C=O) groups excluding carboxylic acids is 3. The van der Waals surface area contributed by atoms with E-state index in [1.165, 1.54) is 16.0 Å². The number of aliphatic hydroxyl groups excluding tert-OH is 1. The Labute approximate surface area is 425 Å². The molecule has 16 heteroatoms. The van der Waals surface area contributed by atoms with Crippen molar-refractivity contribution in [3.8, 4) is 35.8 Å².